The first-order chi connectivity index (χ1) is 23.4. The number of rotatable bonds is 5. The van der Waals surface area contributed by atoms with Crippen LogP contribution in [0.15, 0.2) is 138 Å². The zero-order chi connectivity index (χ0) is 32.5. The summed E-state index contributed by atoms with van der Waals surface area (Å²) in [6.07, 6.45) is 0. The van der Waals surface area contributed by atoms with Gasteiger partial charge in [0.15, 0.2) is 0 Å². The predicted octanol–water partition coefficient (Wildman–Crippen LogP) is 12.8. The van der Waals surface area contributed by atoms with Crippen LogP contribution < -0.4 is 0 Å². The standard InChI is InChI=1S/C45H36N2O/c1-27(2)35-23-33(29-12-6-5-7-13-29)24-36(28(3)4)44(35)47-41-17-11-10-16-40(41)46-45(47)32-20-21-42-38(22-32)39-26-37-31(25-43(39)48-42)19-18-30-14-8-9-15-34(30)37/h5-28H,1-4H3. The lowest BCUT2D eigenvalue weighted by molar-refractivity contribution is 0.669. The van der Waals surface area contributed by atoms with Crippen molar-refractivity contribution in [2.24, 2.45) is 0 Å². The average Bonchev–Trinajstić information content (AvgIpc) is 3.68. The summed E-state index contributed by atoms with van der Waals surface area (Å²) < 4.78 is 8.88. The quantitative estimate of drug-likeness (QED) is 0.179. The van der Waals surface area contributed by atoms with Gasteiger partial charge in [-0.25, -0.2) is 4.98 Å². The van der Waals surface area contributed by atoms with E-state index in [4.69, 9.17) is 9.40 Å². The molecule has 0 atom stereocenters. The summed E-state index contributed by atoms with van der Waals surface area (Å²) in [7, 11) is 0. The summed E-state index contributed by atoms with van der Waals surface area (Å²) in [5.74, 6) is 1.55. The maximum Gasteiger partial charge on any atom is 0.145 e. The molecule has 9 rings (SSSR count). The van der Waals surface area contributed by atoms with Gasteiger partial charge in [-0.05, 0) is 110 Å². The third-order valence-electron chi connectivity index (χ3n) is 9.90. The fraction of sp³-hybridized carbons (Fsp3) is 0.133. The molecule has 48 heavy (non-hydrogen) atoms. The molecule has 7 aromatic carbocycles. The van der Waals surface area contributed by atoms with E-state index in [0.29, 0.717) is 11.8 Å². The van der Waals surface area contributed by atoms with Gasteiger partial charge in [0, 0.05) is 16.3 Å². The van der Waals surface area contributed by atoms with Crippen molar-refractivity contribution in [3.05, 3.63) is 145 Å². The number of para-hydroxylation sites is 2. The molecule has 0 amide bonds. The number of hydrogen-bond donors (Lipinski definition) is 0. The van der Waals surface area contributed by atoms with Crippen molar-refractivity contribution in [2.75, 3.05) is 0 Å². The van der Waals surface area contributed by atoms with E-state index in [1.54, 1.807) is 0 Å². The minimum atomic E-state index is 0.304. The number of fused-ring (bicyclic) bond motifs is 7. The summed E-state index contributed by atoms with van der Waals surface area (Å²) in [6.45, 7) is 9.20. The van der Waals surface area contributed by atoms with E-state index in [-0.39, 0.29) is 0 Å². The van der Waals surface area contributed by atoms with Gasteiger partial charge in [-0.3, -0.25) is 4.57 Å². The molecule has 0 aliphatic rings. The summed E-state index contributed by atoms with van der Waals surface area (Å²) in [5.41, 5.74) is 11.3. The van der Waals surface area contributed by atoms with Gasteiger partial charge in [0.2, 0.25) is 0 Å². The van der Waals surface area contributed by atoms with Crippen LogP contribution in [0.5, 0.6) is 0 Å². The molecule has 0 fully saturated rings. The lowest BCUT2D eigenvalue weighted by atomic mass is 9.88. The smallest absolute Gasteiger partial charge is 0.145 e. The minimum Gasteiger partial charge on any atom is -0.456 e. The Morgan fingerprint density at radius 1 is 0.500 bits per heavy atom. The lowest BCUT2D eigenvalue weighted by Crippen LogP contribution is -2.09. The zero-order valence-corrected chi connectivity index (χ0v) is 27.7. The monoisotopic (exact) mass is 620 g/mol. The second kappa shape index (κ2) is 11.0. The van der Waals surface area contributed by atoms with Gasteiger partial charge in [0.25, 0.3) is 0 Å². The van der Waals surface area contributed by atoms with Crippen LogP contribution >= 0.6 is 0 Å². The highest BCUT2D eigenvalue weighted by Gasteiger charge is 2.24. The maximum absolute atomic E-state index is 6.47. The van der Waals surface area contributed by atoms with E-state index in [0.717, 1.165) is 44.4 Å². The van der Waals surface area contributed by atoms with Gasteiger partial charge in [0.1, 0.15) is 17.0 Å². The van der Waals surface area contributed by atoms with Crippen LogP contribution in [0.1, 0.15) is 50.7 Å². The topological polar surface area (TPSA) is 31.0 Å². The van der Waals surface area contributed by atoms with Crippen LogP contribution in [0.3, 0.4) is 0 Å². The Bertz CT molecular complexity index is 2640. The van der Waals surface area contributed by atoms with Crippen molar-refractivity contribution in [3.63, 3.8) is 0 Å². The molecule has 0 unspecified atom stereocenters. The summed E-state index contributed by atoms with van der Waals surface area (Å²) in [4.78, 5) is 5.34. The molecular weight excluding hydrogens is 585 g/mol. The number of imidazole rings is 1. The number of aromatic nitrogens is 2. The third kappa shape index (κ3) is 4.46. The highest BCUT2D eigenvalue weighted by molar-refractivity contribution is 6.16. The third-order valence-corrected chi connectivity index (χ3v) is 9.90. The molecule has 3 heteroatoms. The molecule has 2 heterocycles. The van der Waals surface area contributed by atoms with Gasteiger partial charge >= 0.3 is 0 Å². The van der Waals surface area contributed by atoms with Gasteiger partial charge in [-0.2, -0.15) is 0 Å². The average molecular weight is 621 g/mol. The van der Waals surface area contributed by atoms with Crippen molar-refractivity contribution < 1.29 is 4.42 Å². The minimum absolute atomic E-state index is 0.304. The normalized spacial score (nSPS) is 12.1. The molecule has 0 aliphatic heterocycles. The Morgan fingerprint density at radius 3 is 1.98 bits per heavy atom. The van der Waals surface area contributed by atoms with Crippen LogP contribution in [0.25, 0.3) is 82.7 Å². The zero-order valence-electron chi connectivity index (χ0n) is 27.7. The van der Waals surface area contributed by atoms with E-state index in [9.17, 15) is 0 Å². The van der Waals surface area contributed by atoms with Gasteiger partial charge in [-0.15, -0.1) is 0 Å². The van der Waals surface area contributed by atoms with E-state index in [1.165, 1.54) is 49.5 Å². The van der Waals surface area contributed by atoms with Gasteiger partial charge < -0.3 is 4.42 Å². The second-order valence-corrected chi connectivity index (χ2v) is 13.6. The molecular formula is C45H36N2O. The Labute approximate surface area is 280 Å². The Morgan fingerprint density at radius 2 is 1.19 bits per heavy atom. The van der Waals surface area contributed by atoms with Gasteiger partial charge in [-0.1, -0.05) is 107 Å². The molecule has 232 valence electrons. The van der Waals surface area contributed by atoms with Crippen molar-refractivity contribution >= 4 is 54.5 Å². The Kier molecular flexibility index (Phi) is 6.52. The fourth-order valence-corrected chi connectivity index (χ4v) is 7.48. The number of furan rings is 1. The predicted molar refractivity (Wildman–Crippen MR) is 202 cm³/mol. The molecule has 0 bridgehead atoms. The van der Waals surface area contributed by atoms with Crippen LogP contribution in [-0.4, -0.2) is 9.55 Å². The second-order valence-electron chi connectivity index (χ2n) is 13.6. The highest BCUT2D eigenvalue weighted by Crippen LogP contribution is 2.42. The van der Waals surface area contributed by atoms with Crippen molar-refractivity contribution in [1.29, 1.82) is 0 Å². The van der Waals surface area contributed by atoms with E-state index in [2.05, 4.69) is 166 Å². The number of benzene rings is 7. The lowest BCUT2D eigenvalue weighted by Gasteiger charge is -2.24. The SMILES string of the molecule is CC(C)c1cc(-c2ccccc2)cc(C(C)C)c1-n1c(-c2ccc3oc4cc5ccc6ccccc6c5cc4c3c2)nc2ccccc21. The van der Waals surface area contributed by atoms with Crippen LogP contribution in [0.4, 0.5) is 0 Å². The molecule has 0 N–H and O–H groups in total. The molecule has 3 nitrogen and oxygen atoms in total. The molecule has 0 saturated heterocycles. The van der Waals surface area contributed by atoms with E-state index in [1.807, 2.05) is 0 Å². The highest BCUT2D eigenvalue weighted by atomic mass is 16.3. The number of nitrogens with zero attached hydrogens (tertiary/aromatic N) is 2. The first kappa shape index (κ1) is 28.5. The molecule has 0 spiro atoms. The summed E-state index contributed by atoms with van der Waals surface area (Å²) in [5, 5.41) is 7.14. The Balaban J connectivity index is 1.32. The van der Waals surface area contributed by atoms with Crippen LogP contribution in [-0.2, 0) is 0 Å². The number of hydrogen-bond acceptors (Lipinski definition) is 2. The Hall–Kier alpha value is -5.67. The largest absolute Gasteiger partial charge is 0.456 e. The van der Waals surface area contributed by atoms with Crippen LogP contribution in [0, 0.1) is 0 Å². The first-order valence-electron chi connectivity index (χ1n) is 16.9. The molecule has 0 radical (unpaired) electrons. The van der Waals surface area contributed by atoms with Gasteiger partial charge in [0.05, 0.1) is 16.7 Å². The van der Waals surface area contributed by atoms with Crippen molar-refractivity contribution in [2.45, 2.75) is 39.5 Å². The van der Waals surface area contributed by atoms with E-state index >= 15 is 0 Å². The molecule has 2 aromatic heterocycles. The molecule has 9 aromatic rings. The maximum atomic E-state index is 6.47. The molecule has 0 aliphatic carbocycles. The van der Waals surface area contributed by atoms with Crippen molar-refractivity contribution in [1.82, 2.24) is 9.55 Å². The van der Waals surface area contributed by atoms with Crippen LogP contribution in [0.2, 0.25) is 0 Å². The fourth-order valence-electron chi connectivity index (χ4n) is 7.48. The summed E-state index contributed by atoms with van der Waals surface area (Å²) in [6, 6.07) is 48.1. The first-order valence-corrected chi connectivity index (χ1v) is 16.9. The molecule has 0 saturated carbocycles. The van der Waals surface area contributed by atoms with Crippen molar-refractivity contribution in [3.8, 4) is 28.2 Å². The van der Waals surface area contributed by atoms with E-state index < -0.39 is 0 Å². The summed E-state index contributed by atoms with van der Waals surface area (Å²) >= 11 is 0.